The van der Waals surface area contributed by atoms with Crippen LogP contribution in [-0.2, 0) is 24.2 Å². The molecule has 1 atom stereocenters. The fraction of sp³-hybridized carbons (Fsp3) is 0.429. The van der Waals surface area contributed by atoms with E-state index in [-0.39, 0.29) is 11.9 Å². The summed E-state index contributed by atoms with van der Waals surface area (Å²) in [7, 11) is 0. The van der Waals surface area contributed by atoms with Crippen LogP contribution in [0.15, 0.2) is 35.2 Å². The van der Waals surface area contributed by atoms with Crippen molar-refractivity contribution in [2.45, 2.75) is 38.3 Å². The van der Waals surface area contributed by atoms with Crippen LogP contribution in [0.4, 0.5) is 0 Å². The number of fused-ring (bicyclic) bond motifs is 1. The summed E-state index contributed by atoms with van der Waals surface area (Å²) in [5.74, 6) is 2.06. The number of nitrogens with zero attached hydrogens (tertiary/aromatic N) is 2. The standard InChI is InChI=1S/C14H17N3O2/c18-14(6-4-12-2-1-9-19-12)16-11-3-5-13-15-7-8-17(13)10-11/h1-2,7-9,11H,3-6,10H2,(H,16,18)/t11-/m1/s1. The minimum Gasteiger partial charge on any atom is -0.469 e. The molecule has 1 N–H and O–H groups in total. The van der Waals surface area contributed by atoms with Gasteiger partial charge in [-0.15, -0.1) is 0 Å². The Morgan fingerprint density at radius 1 is 1.58 bits per heavy atom. The highest BCUT2D eigenvalue weighted by molar-refractivity contribution is 5.76. The van der Waals surface area contributed by atoms with Crippen molar-refractivity contribution in [3.05, 3.63) is 42.4 Å². The summed E-state index contributed by atoms with van der Waals surface area (Å²) in [6, 6.07) is 3.95. The predicted molar refractivity (Wildman–Crippen MR) is 69.5 cm³/mol. The lowest BCUT2D eigenvalue weighted by Gasteiger charge is -2.24. The van der Waals surface area contributed by atoms with E-state index in [0.717, 1.165) is 31.0 Å². The van der Waals surface area contributed by atoms with E-state index in [2.05, 4.69) is 14.9 Å². The fourth-order valence-corrected chi connectivity index (χ4v) is 2.48. The van der Waals surface area contributed by atoms with Gasteiger partial charge in [0.05, 0.1) is 6.26 Å². The van der Waals surface area contributed by atoms with Crippen LogP contribution in [-0.4, -0.2) is 21.5 Å². The molecule has 0 radical (unpaired) electrons. The number of imidazole rings is 1. The first-order valence-corrected chi connectivity index (χ1v) is 6.63. The maximum absolute atomic E-state index is 11.9. The molecule has 3 rings (SSSR count). The van der Waals surface area contributed by atoms with Crippen LogP contribution in [0.1, 0.15) is 24.4 Å². The zero-order chi connectivity index (χ0) is 13.1. The molecule has 19 heavy (non-hydrogen) atoms. The summed E-state index contributed by atoms with van der Waals surface area (Å²) < 4.78 is 7.33. The van der Waals surface area contributed by atoms with Gasteiger partial charge in [0.25, 0.3) is 0 Å². The number of carbonyl (C=O) groups excluding carboxylic acids is 1. The molecule has 0 bridgehead atoms. The maximum atomic E-state index is 11.9. The number of hydrogen-bond acceptors (Lipinski definition) is 3. The van der Waals surface area contributed by atoms with E-state index >= 15 is 0 Å². The van der Waals surface area contributed by atoms with Crippen molar-refractivity contribution in [3.8, 4) is 0 Å². The minimum atomic E-state index is 0.0879. The molecular formula is C14H17N3O2. The van der Waals surface area contributed by atoms with E-state index in [1.54, 1.807) is 6.26 Å². The SMILES string of the molecule is O=C(CCc1ccco1)N[C@@H]1CCc2nccn2C1. The van der Waals surface area contributed by atoms with Crippen molar-refractivity contribution in [1.82, 2.24) is 14.9 Å². The molecule has 0 aliphatic carbocycles. The Bertz CT molecular complexity index is 545. The summed E-state index contributed by atoms with van der Waals surface area (Å²) in [6.07, 6.45) is 8.43. The van der Waals surface area contributed by atoms with Crippen molar-refractivity contribution < 1.29 is 9.21 Å². The number of amides is 1. The topological polar surface area (TPSA) is 60.1 Å². The maximum Gasteiger partial charge on any atom is 0.220 e. The number of nitrogens with one attached hydrogen (secondary N) is 1. The summed E-state index contributed by atoms with van der Waals surface area (Å²) >= 11 is 0. The zero-order valence-corrected chi connectivity index (χ0v) is 10.7. The number of hydrogen-bond donors (Lipinski definition) is 1. The average Bonchev–Trinajstić information content (AvgIpc) is 3.07. The van der Waals surface area contributed by atoms with E-state index in [1.165, 1.54) is 0 Å². The Balaban J connectivity index is 1.48. The van der Waals surface area contributed by atoms with Crippen LogP contribution in [0.2, 0.25) is 0 Å². The van der Waals surface area contributed by atoms with Gasteiger partial charge >= 0.3 is 0 Å². The monoisotopic (exact) mass is 259 g/mol. The largest absolute Gasteiger partial charge is 0.469 e. The van der Waals surface area contributed by atoms with Crippen molar-refractivity contribution >= 4 is 5.91 Å². The molecule has 5 heteroatoms. The quantitative estimate of drug-likeness (QED) is 0.906. The molecule has 0 saturated heterocycles. The van der Waals surface area contributed by atoms with E-state index < -0.39 is 0 Å². The molecule has 0 spiro atoms. The number of furan rings is 1. The van der Waals surface area contributed by atoms with Crippen LogP contribution < -0.4 is 5.32 Å². The van der Waals surface area contributed by atoms with E-state index in [0.29, 0.717) is 12.8 Å². The van der Waals surface area contributed by atoms with Gasteiger partial charge in [-0.25, -0.2) is 4.98 Å². The Hall–Kier alpha value is -2.04. The second-order valence-electron chi connectivity index (χ2n) is 4.88. The molecule has 0 saturated carbocycles. The lowest BCUT2D eigenvalue weighted by molar-refractivity contribution is -0.122. The lowest BCUT2D eigenvalue weighted by Crippen LogP contribution is -2.40. The van der Waals surface area contributed by atoms with Crippen molar-refractivity contribution in [3.63, 3.8) is 0 Å². The molecule has 3 heterocycles. The lowest BCUT2D eigenvalue weighted by atomic mass is 10.1. The van der Waals surface area contributed by atoms with Gasteiger partial charge in [-0.05, 0) is 18.6 Å². The molecule has 0 fully saturated rings. The van der Waals surface area contributed by atoms with E-state index in [1.807, 2.05) is 24.5 Å². The third kappa shape index (κ3) is 2.86. The van der Waals surface area contributed by atoms with Gasteiger partial charge in [0.15, 0.2) is 0 Å². The highest BCUT2D eigenvalue weighted by Crippen LogP contribution is 2.13. The molecule has 0 aromatic carbocycles. The highest BCUT2D eigenvalue weighted by atomic mass is 16.3. The molecule has 1 aliphatic rings. The second kappa shape index (κ2) is 5.30. The first-order valence-electron chi connectivity index (χ1n) is 6.63. The summed E-state index contributed by atoms with van der Waals surface area (Å²) in [5, 5.41) is 3.08. The van der Waals surface area contributed by atoms with Crippen LogP contribution >= 0.6 is 0 Å². The molecule has 2 aromatic rings. The van der Waals surface area contributed by atoms with Gasteiger partial charge in [-0.2, -0.15) is 0 Å². The van der Waals surface area contributed by atoms with Gasteiger partial charge in [0.2, 0.25) is 5.91 Å². The van der Waals surface area contributed by atoms with Crippen LogP contribution in [0, 0.1) is 0 Å². The highest BCUT2D eigenvalue weighted by Gasteiger charge is 2.20. The number of aryl methyl sites for hydroxylation is 2. The van der Waals surface area contributed by atoms with Gasteiger partial charge in [0, 0.05) is 44.2 Å². The summed E-state index contributed by atoms with van der Waals surface area (Å²) in [4.78, 5) is 16.2. The van der Waals surface area contributed by atoms with E-state index in [9.17, 15) is 4.79 Å². The first kappa shape index (κ1) is 12.0. The van der Waals surface area contributed by atoms with Gasteiger partial charge < -0.3 is 14.3 Å². The normalized spacial score (nSPS) is 18.0. The fourth-order valence-electron chi connectivity index (χ4n) is 2.48. The van der Waals surface area contributed by atoms with Crippen molar-refractivity contribution in [2.24, 2.45) is 0 Å². The molecule has 5 nitrogen and oxygen atoms in total. The van der Waals surface area contributed by atoms with Crippen molar-refractivity contribution in [1.29, 1.82) is 0 Å². The van der Waals surface area contributed by atoms with E-state index in [4.69, 9.17) is 4.42 Å². The minimum absolute atomic E-state index is 0.0879. The van der Waals surface area contributed by atoms with Crippen LogP contribution in [0.25, 0.3) is 0 Å². The molecule has 0 unspecified atom stereocenters. The Morgan fingerprint density at radius 2 is 2.53 bits per heavy atom. The van der Waals surface area contributed by atoms with Crippen LogP contribution in [0.3, 0.4) is 0 Å². The Labute approximate surface area is 111 Å². The number of carbonyl (C=O) groups is 1. The molecular weight excluding hydrogens is 242 g/mol. The van der Waals surface area contributed by atoms with Crippen LogP contribution in [0.5, 0.6) is 0 Å². The number of rotatable bonds is 4. The second-order valence-corrected chi connectivity index (χ2v) is 4.88. The molecule has 1 amide bonds. The molecule has 2 aromatic heterocycles. The third-order valence-corrected chi connectivity index (χ3v) is 3.48. The summed E-state index contributed by atoms with van der Waals surface area (Å²) in [5.41, 5.74) is 0. The third-order valence-electron chi connectivity index (χ3n) is 3.48. The molecule has 1 aliphatic heterocycles. The molecule has 100 valence electrons. The Kier molecular flexibility index (Phi) is 3.35. The first-order chi connectivity index (χ1) is 9.31. The van der Waals surface area contributed by atoms with Crippen molar-refractivity contribution in [2.75, 3.05) is 0 Å². The zero-order valence-electron chi connectivity index (χ0n) is 10.7. The van der Waals surface area contributed by atoms with Gasteiger partial charge in [-0.3, -0.25) is 4.79 Å². The summed E-state index contributed by atoms with van der Waals surface area (Å²) in [6.45, 7) is 0.821. The average molecular weight is 259 g/mol. The van der Waals surface area contributed by atoms with Gasteiger partial charge in [0.1, 0.15) is 11.6 Å². The Morgan fingerprint density at radius 3 is 3.37 bits per heavy atom. The smallest absolute Gasteiger partial charge is 0.220 e. The predicted octanol–water partition coefficient (Wildman–Crippen LogP) is 1.54. The van der Waals surface area contributed by atoms with Gasteiger partial charge in [-0.1, -0.05) is 0 Å². The number of aromatic nitrogens is 2.